The quantitative estimate of drug-likeness (QED) is 0.734. The zero-order chi connectivity index (χ0) is 15.6. The molecule has 0 atom stereocenters. The lowest BCUT2D eigenvalue weighted by Gasteiger charge is -2.27. The van der Waals surface area contributed by atoms with E-state index >= 15 is 0 Å². The number of benzene rings is 3. The second-order valence-corrected chi connectivity index (χ2v) is 5.58. The Bertz CT molecular complexity index is 845. The third-order valence-corrected chi connectivity index (χ3v) is 4.13. The van der Waals surface area contributed by atoms with E-state index < -0.39 is 0 Å². The van der Waals surface area contributed by atoms with E-state index in [9.17, 15) is 0 Å². The molecule has 1 heterocycles. The molecule has 0 radical (unpaired) electrons. The van der Waals surface area contributed by atoms with Crippen molar-refractivity contribution in [3.63, 3.8) is 0 Å². The van der Waals surface area contributed by atoms with E-state index in [1.807, 2.05) is 24.3 Å². The van der Waals surface area contributed by atoms with Gasteiger partial charge in [0.1, 0.15) is 11.9 Å². The summed E-state index contributed by atoms with van der Waals surface area (Å²) in [6.45, 7) is 0. The van der Waals surface area contributed by atoms with E-state index in [2.05, 4.69) is 59.2 Å². The number of para-hydroxylation sites is 1. The topological polar surface area (TPSA) is 33.3 Å². The van der Waals surface area contributed by atoms with Gasteiger partial charge in [0.25, 0.3) is 0 Å². The Kier molecular flexibility index (Phi) is 3.39. The molecule has 3 aromatic rings. The lowest BCUT2D eigenvalue weighted by Crippen LogP contribution is -2.29. The second kappa shape index (κ2) is 5.69. The predicted molar refractivity (Wildman–Crippen MR) is 97.0 cm³/mol. The van der Waals surface area contributed by atoms with Crippen LogP contribution in [0.2, 0.25) is 0 Å². The Morgan fingerprint density at radius 2 is 1.57 bits per heavy atom. The molecule has 23 heavy (non-hydrogen) atoms. The standard InChI is InChI=1S/C20H18N2O/c1-23-18-11-3-2-6-14(18)12-13-19-21-16-9-4-7-15-8-5-10-17(22-19)20(15)16/h2-13,19,21-22H,1H3/b13-12+. The number of methoxy groups -OCH3 is 1. The first-order valence-corrected chi connectivity index (χ1v) is 7.71. The Hall–Kier alpha value is -2.94. The van der Waals surface area contributed by atoms with Crippen molar-refractivity contribution in [2.24, 2.45) is 0 Å². The van der Waals surface area contributed by atoms with Crippen LogP contribution in [-0.4, -0.2) is 13.3 Å². The Balaban J connectivity index is 1.64. The van der Waals surface area contributed by atoms with Gasteiger partial charge in [-0.05, 0) is 29.7 Å². The maximum Gasteiger partial charge on any atom is 0.126 e. The fourth-order valence-corrected chi connectivity index (χ4v) is 3.05. The first-order valence-electron chi connectivity index (χ1n) is 7.71. The van der Waals surface area contributed by atoms with Crippen LogP contribution in [0, 0.1) is 0 Å². The van der Waals surface area contributed by atoms with Crippen molar-refractivity contribution < 1.29 is 4.74 Å². The molecule has 0 fully saturated rings. The maximum absolute atomic E-state index is 5.40. The van der Waals surface area contributed by atoms with Crippen molar-refractivity contribution in [1.29, 1.82) is 0 Å². The van der Waals surface area contributed by atoms with Crippen molar-refractivity contribution in [1.82, 2.24) is 0 Å². The van der Waals surface area contributed by atoms with Crippen molar-refractivity contribution in [2.45, 2.75) is 6.17 Å². The molecule has 0 aromatic heterocycles. The van der Waals surface area contributed by atoms with Crippen LogP contribution in [0.4, 0.5) is 11.4 Å². The van der Waals surface area contributed by atoms with Crippen LogP contribution in [0.3, 0.4) is 0 Å². The summed E-state index contributed by atoms with van der Waals surface area (Å²) in [7, 11) is 1.70. The van der Waals surface area contributed by atoms with E-state index in [-0.39, 0.29) is 6.17 Å². The number of anilines is 2. The molecule has 3 nitrogen and oxygen atoms in total. The fraction of sp³-hybridized carbons (Fsp3) is 0.100. The molecule has 0 amide bonds. The van der Waals surface area contributed by atoms with Gasteiger partial charge < -0.3 is 15.4 Å². The van der Waals surface area contributed by atoms with Crippen LogP contribution >= 0.6 is 0 Å². The number of hydrogen-bond donors (Lipinski definition) is 2. The van der Waals surface area contributed by atoms with Gasteiger partial charge in [-0.15, -0.1) is 0 Å². The molecule has 0 unspecified atom stereocenters. The molecule has 4 rings (SSSR count). The highest BCUT2D eigenvalue weighted by molar-refractivity contribution is 6.04. The SMILES string of the molecule is COc1ccccc1/C=C/C1Nc2cccc3cccc(c23)N1. The molecule has 1 aliphatic heterocycles. The summed E-state index contributed by atoms with van der Waals surface area (Å²) < 4.78 is 5.40. The van der Waals surface area contributed by atoms with Crippen LogP contribution in [0.15, 0.2) is 66.7 Å². The van der Waals surface area contributed by atoms with Gasteiger partial charge in [-0.2, -0.15) is 0 Å². The molecule has 0 aliphatic carbocycles. The third-order valence-electron chi connectivity index (χ3n) is 4.13. The van der Waals surface area contributed by atoms with Crippen LogP contribution in [0.25, 0.3) is 16.8 Å². The first-order chi connectivity index (χ1) is 11.3. The zero-order valence-electron chi connectivity index (χ0n) is 12.9. The Labute approximate surface area is 135 Å². The molecular formula is C20H18N2O. The third kappa shape index (κ3) is 2.50. The highest BCUT2D eigenvalue weighted by atomic mass is 16.5. The Morgan fingerprint density at radius 1 is 0.870 bits per heavy atom. The van der Waals surface area contributed by atoms with E-state index in [0.29, 0.717) is 0 Å². The highest BCUT2D eigenvalue weighted by Gasteiger charge is 2.16. The van der Waals surface area contributed by atoms with Crippen molar-refractivity contribution >= 4 is 28.2 Å². The molecule has 0 saturated carbocycles. The summed E-state index contributed by atoms with van der Waals surface area (Å²) in [5.74, 6) is 0.877. The van der Waals surface area contributed by atoms with Crippen LogP contribution in [0.1, 0.15) is 5.56 Å². The summed E-state index contributed by atoms with van der Waals surface area (Å²) in [5, 5.41) is 9.55. The molecule has 0 saturated heterocycles. The van der Waals surface area contributed by atoms with Gasteiger partial charge in [-0.3, -0.25) is 0 Å². The van der Waals surface area contributed by atoms with Gasteiger partial charge in [0.05, 0.1) is 7.11 Å². The minimum Gasteiger partial charge on any atom is -0.496 e. The molecule has 1 aliphatic rings. The van der Waals surface area contributed by atoms with Gasteiger partial charge in [0.15, 0.2) is 0 Å². The monoisotopic (exact) mass is 302 g/mol. The predicted octanol–water partition coefficient (Wildman–Crippen LogP) is 4.73. The van der Waals surface area contributed by atoms with Crippen LogP contribution in [0.5, 0.6) is 5.75 Å². The zero-order valence-corrected chi connectivity index (χ0v) is 12.9. The average molecular weight is 302 g/mol. The molecule has 0 spiro atoms. The highest BCUT2D eigenvalue weighted by Crippen LogP contribution is 2.34. The second-order valence-electron chi connectivity index (χ2n) is 5.58. The molecule has 3 heteroatoms. The fourth-order valence-electron chi connectivity index (χ4n) is 3.05. The summed E-state index contributed by atoms with van der Waals surface area (Å²) in [6, 6.07) is 20.7. The van der Waals surface area contributed by atoms with Gasteiger partial charge in [-0.1, -0.05) is 48.5 Å². The van der Waals surface area contributed by atoms with E-state index in [1.165, 1.54) is 10.8 Å². The molecular weight excluding hydrogens is 284 g/mol. The molecule has 114 valence electrons. The van der Waals surface area contributed by atoms with E-state index in [0.717, 1.165) is 22.7 Å². The van der Waals surface area contributed by atoms with Gasteiger partial charge in [0.2, 0.25) is 0 Å². The normalized spacial score (nSPS) is 13.8. The van der Waals surface area contributed by atoms with Crippen LogP contribution < -0.4 is 15.4 Å². The average Bonchev–Trinajstić information content (AvgIpc) is 2.60. The maximum atomic E-state index is 5.40. The smallest absolute Gasteiger partial charge is 0.126 e. The van der Waals surface area contributed by atoms with Gasteiger partial charge in [0, 0.05) is 22.3 Å². The Morgan fingerprint density at radius 3 is 2.26 bits per heavy atom. The summed E-state index contributed by atoms with van der Waals surface area (Å²) >= 11 is 0. The van der Waals surface area contributed by atoms with Crippen molar-refractivity contribution in [3.8, 4) is 5.75 Å². The molecule has 2 N–H and O–H groups in total. The van der Waals surface area contributed by atoms with E-state index in [4.69, 9.17) is 4.74 Å². The summed E-state index contributed by atoms with van der Waals surface area (Å²) in [4.78, 5) is 0. The van der Waals surface area contributed by atoms with Gasteiger partial charge >= 0.3 is 0 Å². The summed E-state index contributed by atoms with van der Waals surface area (Å²) in [6.07, 6.45) is 4.24. The lowest BCUT2D eigenvalue weighted by atomic mass is 10.0. The molecule has 0 bridgehead atoms. The number of rotatable bonds is 3. The summed E-state index contributed by atoms with van der Waals surface area (Å²) in [5.41, 5.74) is 3.38. The largest absolute Gasteiger partial charge is 0.496 e. The van der Waals surface area contributed by atoms with Crippen molar-refractivity contribution in [3.05, 3.63) is 72.3 Å². The van der Waals surface area contributed by atoms with Crippen molar-refractivity contribution in [2.75, 3.05) is 17.7 Å². The first kappa shape index (κ1) is 13.7. The molecule has 3 aromatic carbocycles. The van der Waals surface area contributed by atoms with E-state index in [1.54, 1.807) is 7.11 Å². The number of nitrogens with one attached hydrogen (secondary N) is 2. The number of hydrogen-bond acceptors (Lipinski definition) is 3. The van der Waals surface area contributed by atoms with Gasteiger partial charge in [-0.25, -0.2) is 0 Å². The number of ether oxygens (including phenoxy) is 1. The van der Waals surface area contributed by atoms with Crippen LogP contribution in [-0.2, 0) is 0 Å². The lowest BCUT2D eigenvalue weighted by molar-refractivity contribution is 0.414. The minimum absolute atomic E-state index is 0.0420. The minimum atomic E-state index is 0.0420.